The van der Waals surface area contributed by atoms with E-state index in [-0.39, 0.29) is 29.4 Å². The fourth-order valence-electron chi connectivity index (χ4n) is 3.25. The minimum atomic E-state index is -2.98. The van der Waals surface area contributed by atoms with Gasteiger partial charge in [0.15, 0.2) is 9.84 Å². The van der Waals surface area contributed by atoms with Crippen molar-refractivity contribution in [1.29, 1.82) is 0 Å². The van der Waals surface area contributed by atoms with Gasteiger partial charge in [-0.2, -0.15) is 0 Å². The summed E-state index contributed by atoms with van der Waals surface area (Å²) in [6.45, 7) is 2.04. The lowest BCUT2D eigenvalue weighted by Gasteiger charge is -2.25. The summed E-state index contributed by atoms with van der Waals surface area (Å²) in [6, 6.07) is 7.61. The molecular weight excluding hydrogens is 262 g/mol. The SMILES string of the molecule is CCc1ccccc1N1C(=O)C[C@H]2CS(=O)(=O)C[C@@H]21. The Bertz CT molecular complexity index is 623. The van der Waals surface area contributed by atoms with Gasteiger partial charge in [-0.1, -0.05) is 25.1 Å². The van der Waals surface area contributed by atoms with Crippen molar-refractivity contribution in [3.63, 3.8) is 0 Å². The van der Waals surface area contributed by atoms with Gasteiger partial charge >= 0.3 is 0 Å². The number of fused-ring (bicyclic) bond motifs is 1. The lowest BCUT2D eigenvalue weighted by Crippen LogP contribution is -2.36. The molecule has 0 unspecified atom stereocenters. The third kappa shape index (κ3) is 2.06. The van der Waals surface area contributed by atoms with E-state index in [1.165, 1.54) is 0 Å². The van der Waals surface area contributed by atoms with E-state index in [4.69, 9.17) is 0 Å². The molecule has 102 valence electrons. The zero-order valence-corrected chi connectivity index (χ0v) is 11.7. The van der Waals surface area contributed by atoms with Crippen LogP contribution in [-0.4, -0.2) is 31.9 Å². The Balaban J connectivity index is 2.02. The Hall–Kier alpha value is -1.36. The van der Waals surface area contributed by atoms with Gasteiger partial charge in [-0.3, -0.25) is 4.79 Å². The summed E-state index contributed by atoms with van der Waals surface area (Å²) in [5, 5.41) is 0. The second kappa shape index (κ2) is 4.34. The number of hydrogen-bond acceptors (Lipinski definition) is 3. The van der Waals surface area contributed by atoms with Gasteiger partial charge in [-0.25, -0.2) is 8.42 Å². The van der Waals surface area contributed by atoms with E-state index in [2.05, 4.69) is 0 Å². The maximum atomic E-state index is 12.2. The number of para-hydroxylation sites is 1. The second-order valence-corrected chi connectivity index (χ2v) is 7.51. The maximum Gasteiger partial charge on any atom is 0.227 e. The molecule has 1 aromatic rings. The number of amides is 1. The number of rotatable bonds is 2. The van der Waals surface area contributed by atoms with Gasteiger partial charge in [-0.05, 0) is 18.1 Å². The number of anilines is 1. The second-order valence-electron chi connectivity index (χ2n) is 5.35. The minimum absolute atomic E-state index is 0.0255. The Kier molecular flexibility index (Phi) is 2.89. The van der Waals surface area contributed by atoms with Gasteiger partial charge in [0.2, 0.25) is 5.91 Å². The largest absolute Gasteiger partial charge is 0.308 e. The zero-order chi connectivity index (χ0) is 13.6. The molecule has 1 amide bonds. The fourth-order valence-corrected chi connectivity index (χ4v) is 5.32. The number of sulfone groups is 1. The average Bonchev–Trinajstić information content (AvgIpc) is 2.79. The normalized spacial score (nSPS) is 28.7. The fraction of sp³-hybridized carbons (Fsp3) is 0.500. The van der Waals surface area contributed by atoms with E-state index >= 15 is 0 Å². The smallest absolute Gasteiger partial charge is 0.227 e. The highest BCUT2D eigenvalue weighted by atomic mass is 32.2. The van der Waals surface area contributed by atoms with Gasteiger partial charge in [0, 0.05) is 18.0 Å². The van der Waals surface area contributed by atoms with E-state index in [0.29, 0.717) is 6.42 Å². The van der Waals surface area contributed by atoms with Crippen molar-refractivity contribution >= 4 is 21.4 Å². The third-order valence-electron chi connectivity index (χ3n) is 4.11. The molecule has 0 N–H and O–H groups in total. The molecule has 4 nitrogen and oxygen atoms in total. The molecule has 2 atom stereocenters. The highest BCUT2D eigenvalue weighted by molar-refractivity contribution is 7.91. The van der Waals surface area contributed by atoms with Gasteiger partial charge in [-0.15, -0.1) is 0 Å². The summed E-state index contributed by atoms with van der Waals surface area (Å²) in [5.74, 6) is 0.309. The van der Waals surface area contributed by atoms with Gasteiger partial charge in [0.25, 0.3) is 0 Å². The summed E-state index contributed by atoms with van der Waals surface area (Å²) in [5.41, 5.74) is 1.99. The monoisotopic (exact) mass is 279 g/mol. The highest BCUT2D eigenvalue weighted by Gasteiger charge is 2.49. The van der Waals surface area contributed by atoms with E-state index in [9.17, 15) is 13.2 Å². The van der Waals surface area contributed by atoms with Crippen molar-refractivity contribution in [2.24, 2.45) is 5.92 Å². The topological polar surface area (TPSA) is 54.5 Å². The van der Waals surface area contributed by atoms with Crippen molar-refractivity contribution in [2.45, 2.75) is 25.8 Å². The van der Waals surface area contributed by atoms with Crippen LogP contribution in [0.2, 0.25) is 0 Å². The van der Waals surface area contributed by atoms with E-state index < -0.39 is 9.84 Å². The Morgan fingerprint density at radius 2 is 2.00 bits per heavy atom. The quantitative estimate of drug-likeness (QED) is 0.822. The summed E-state index contributed by atoms with van der Waals surface area (Å²) in [4.78, 5) is 13.9. The number of nitrogens with zero attached hydrogens (tertiary/aromatic N) is 1. The molecule has 2 fully saturated rings. The molecule has 2 aliphatic heterocycles. The Morgan fingerprint density at radius 1 is 1.26 bits per heavy atom. The predicted molar refractivity (Wildman–Crippen MR) is 73.9 cm³/mol. The molecule has 1 aromatic carbocycles. The molecule has 3 rings (SSSR count). The molecule has 0 aliphatic carbocycles. The number of aryl methyl sites for hydroxylation is 1. The number of hydrogen-bond donors (Lipinski definition) is 0. The van der Waals surface area contributed by atoms with Crippen LogP contribution in [0.3, 0.4) is 0 Å². The summed E-state index contributed by atoms with van der Waals surface area (Å²) in [7, 11) is -2.98. The molecule has 5 heteroatoms. The number of benzene rings is 1. The molecule has 0 radical (unpaired) electrons. The van der Waals surface area contributed by atoms with Crippen LogP contribution < -0.4 is 4.90 Å². The average molecular weight is 279 g/mol. The lowest BCUT2D eigenvalue weighted by molar-refractivity contribution is -0.117. The van der Waals surface area contributed by atoms with Crippen LogP contribution in [0.4, 0.5) is 5.69 Å². The first-order valence-corrected chi connectivity index (χ1v) is 8.44. The van der Waals surface area contributed by atoms with Crippen LogP contribution in [0, 0.1) is 5.92 Å². The first-order chi connectivity index (χ1) is 9.02. The van der Waals surface area contributed by atoms with E-state index in [0.717, 1.165) is 17.7 Å². The van der Waals surface area contributed by atoms with Crippen LogP contribution in [0.5, 0.6) is 0 Å². The minimum Gasteiger partial charge on any atom is -0.308 e. The number of carbonyl (C=O) groups excluding carboxylic acids is 1. The zero-order valence-electron chi connectivity index (χ0n) is 10.9. The van der Waals surface area contributed by atoms with Crippen molar-refractivity contribution in [2.75, 3.05) is 16.4 Å². The van der Waals surface area contributed by atoms with E-state index in [1.807, 2.05) is 31.2 Å². The van der Waals surface area contributed by atoms with Crippen molar-refractivity contribution in [3.05, 3.63) is 29.8 Å². The maximum absolute atomic E-state index is 12.2. The van der Waals surface area contributed by atoms with Crippen molar-refractivity contribution in [1.82, 2.24) is 0 Å². The Morgan fingerprint density at radius 3 is 2.74 bits per heavy atom. The molecule has 0 aromatic heterocycles. The first-order valence-electron chi connectivity index (χ1n) is 6.62. The molecule has 19 heavy (non-hydrogen) atoms. The molecular formula is C14H17NO3S. The van der Waals surface area contributed by atoms with E-state index in [1.54, 1.807) is 4.90 Å². The summed E-state index contributed by atoms with van der Waals surface area (Å²) >= 11 is 0. The molecule has 2 heterocycles. The summed E-state index contributed by atoms with van der Waals surface area (Å²) in [6.07, 6.45) is 1.20. The molecule has 0 spiro atoms. The molecule has 0 bridgehead atoms. The van der Waals surface area contributed by atoms with Crippen LogP contribution in [0.25, 0.3) is 0 Å². The molecule has 2 saturated heterocycles. The Labute approximate surface area is 113 Å². The predicted octanol–water partition coefficient (Wildman–Crippen LogP) is 1.40. The van der Waals surface area contributed by atoms with Crippen LogP contribution in [0.1, 0.15) is 18.9 Å². The number of carbonyl (C=O) groups is 1. The van der Waals surface area contributed by atoms with Crippen molar-refractivity contribution < 1.29 is 13.2 Å². The third-order valence-corrected chi connectivity index (χ3v) is 5.89. The van der Waals surface area contributed by atoms with Crippen LogP contribution in [0.15, 0.2) is 24.3 Å². The first kappa shape index (κ1) is 12.7. The van der Waals surface area contributed by atoms with Crippen molar-refractivity contribution in [3.8, 4) is 0 Å². The van der Waals surface area contributed by atoms with Crippen LogP contribution in [-0.2, 0) is 21.1 Å². The lowest BCUT2D eigenvalue weighted by atomic mass is 10.0. The molecule has 0 saturated carbocycles. The van der Waals surface area contributed by atoms with Gasteiger partial charge in [0.05, 0.1) is 17.5 Å². The highest BCUT2D eigenvalue weighted by Crippen LogP contribution is 2.38. The van der Waals surface area contributed by atoms with Crippen LogP contribution >= 0.6 is 0 Å². The summed E-state index contributed by atoms with van der Waals surface area (Å²) < 4.78 is 23.5. The van der Waals surface area contributed by atoms with Gasteiger partial charge in [0.1, 0.15) is 0 Å². The standard InChI is InChI=1S/C14H17NO3S/c1-2-10-5-3-4-6-12(10)15-13-9-19(17,18)8-11(13)7-14(15)16/h3-6,11,13H,2,7-9H2,1H3/t11-,13-/m0/s1. The molecule has 2 aliphatic rings. The van der Waals surface area contributed by atoms with Gasteiger partial charge < -0.3 is 4.90 Å².